The Bertz CT molecular complexity index is 1040. The van der Waals surface area contributed by atoms with Crippen molar-refractivity contribution in [1.29, 1.82) is 0 Å². The molecule has 3 aromatic heterocycles. The highest BCUT2D eigenvalue weighted by Gasteiger charge is 2.28. The Kier molecular flexibility index (Phi) is 5.98. The Morgan fingerprint density at radius 3 is 2.90 bits per heavy atom. The summed E-state index contributed by atoms with van der Waals surface area (Å²) in [5, 5.41) is 6.57. The van der Waals surface area contributed by atoms with E-state index in [1.54, 1.807) is 16.3 Å². The molecule has 1 saturated heterocycles. The molecule has 8 nitrogen and oxygen atoms in total. The predicted molar refractivity (Wildman–Crippen MR) is 113 cm³/mol. The van der Waals surface area contributed by atoms with Gasteiger partial charge in [0, 0.05) is 56.4 Å². The summed E-state index contributed by atoms with van der Waals surface area (Å²) in [5.74, 6) is -0.392. The maximum Gasteiger partial charge on any atom is 0.357 e. The van der Waals surface area contributed by atoms with Crippen molar-refractivity contribution in [2.75, 3.05) is 13.2 Å². The average molecular weight is 428 g/mol. The molecule has 0 N–H and O–H groups in total. The fraction of sp³-hybridized carbons (Fsp3) is 0.429. The summed E-state index contributed by atoms with van der Waals surface area (Å²) in [5.41, 5.74) is 1.86. The first-order valence-corrected chi connectivity index (χ1v) is 10.9. The number of carbonyl (C=O) groups is 2. The van der Waals surface area contributed by atoms with E-state index in [9.17, 15) is 9.59 Å². The molecule has 3 aromatic rings. The average Bonchev–Trinajstić information content (AvgIpc) is 3.48. The summed E-state index contributed by atoms with van der Waals surface area (Å²) < 4.78 is 9.01. The fourth-order valence-electron chi connectivity index (χ4n) is 3.79. The highest BCUT2D eigenvalue weighted by molar-refractivity contribution is 7.13. The van der Waals surface area contributed by atoms with Crippen molar-refractivity contribution < 1.29 is 14.3 Å². The minimum atomic E-state index is -0.433. The van der Waals surface area contributed by atoms with Crippen LogP contribution in [0.1, 0.15) is 46.7 Å². The van der Waals surface area contributed by atoms with Gasteiger partial charge in [-0.3, -0.25) is 9.48 Å². The van der Waals surface area contributed by atoms with Crippen molar-refractivity contribution in [2.24, 2.45) is 14.1 Å². The number of carbonyl (C=O) groups excluding carboxylic acids is 2. The van der Waals surface area contributed by atoms with E-state index >= 15 is 0 Å². The third-order valence-electron chi connectivity index (χ3n) is 5.40. The second-order valence-electron chi connectivity index (χ2n) is 7.52. The van der Waals surface area contributed by atoms with Gasteiger partial charge in [-0.15, -0.1) is 11.3 Å². The van der Waals surface area contributed by atoms with Gasteiger partial charge in [-0.05, 0) is 31.4 Å². The largest absolute Gasteiger partial charge is 0.461 e. The zero-order valence-electron chi connectivity index (χ0n) is 17.2. The molecule has 0 spiro atoms. The standard InChI is InChI=1S/C21H25N5O3S/c1-24-9-5-7-18(24)20(27)26-10-4-3-6-16(26)8-11-29-21(28)17-14-30-19(23-17)15-12-22-25(2)13-15/h5,7,9,12-14,16H,3-4,6,8,10-11H2,1-2H3. The summed E-state index contributed by atoms with van der Waals surface area (Å²) in [4.78, 5) is 31.6. The lowest BCUT2D eigenvalue weighted by molar-refractivity contribution is 0.0402. The van der Waals surface area contributed by atoms with Gasteiger partial charge in [0.25, 0.3) is 5.91 Å². The maximum absolute atomic E-state index is 12.9. The Morgan fingerprint density at radius 2 is 2.17 bits per heavy atom. The van der Waals surface area contributed by atoms with Gasteiger partial charge >= 0.3 is 5.97 Å². The lowest BCUT2D eigenvalue weighted by Crippen LogP contribution is -2.44. The smallest absolute Gasteiger partial charge is 0.357 e. The third-order valence-corrected chi connectivity index (χ3v) is 6.29. The normalized spacial score (nSPS) is 16.6. The summed E-state index contributed by atoms with van der Waals surface area (Å²) in [6, 6.07) is 3.80. The molecule has 158 valence electrons. The van der Waals surface area contributed by atoms with Crippen LogP contribution in [0.3, 0.4) is 0 Å². The molecule has 0 saturated carbocycles. The molecule has 0 radical (unpaired) electrons. The number of hydrogen-bond acceptors (Lipinski definition) is 6. The van der Waals surface area contributed by atoms with E-state index in [0.29, 0.717) is 17.8 Å². The lowest BCUT2D eigenvalue weighted by Gasteiger charge is -2.35. The van der Waals surface area contributed by atoms with Crippen molar-refractivity contribution in [2.45, 2.75) is 31.7 Å². The predicted octanol–water partition coefficient (Wildman–Crippen LogP) is 3.12. The molecule has 0 bridgehead atoms. The number of nitrogens with zero attached hydrogens (tertiary/aromatic N) is 5. The van der Waals surface area contributed by atoms with Gasteiger partial charge in [0.05, 0.1) is 12.8 Å². The van der Waals surface area contributed by atoms with Crippen LogP contribution >= 0.6 is 11.3 Å². The Labute approximate surface area is 179 Å². The Morgan fingerprint density at radius 1 is 1.30 bits per heavy atom. The number of aryl methyl sites for hydroxylation is 2. The summed E-state index contributed by atoms with van der Waals surface area (Å²) in [6.07, 6.45) is 9.09. The number of hydrogen-bond donors (Lipinski definition) is 0. The second-order valence-corrected chi connectivity index (χ2v) is 8.38. The number of thiazole rings is 1. The number of likely N-dealkylation sites (tertiary alicyclic amines) is 1. The maximum atomic E-state index is 12.9. The molecule has 4 rings (SSSR count). The molecular weight excluding hydrogens is 402 g/mol. The summed E-state index contributed by atoms with van der Waals surface area (Å²) in [6.45, 7) is 1.00. The van der Waals surface area contributed by atoms with Crippen LogP contribution in [0.4, 0.5) is 0 Å². The molecule has 1 fully saturated rings. The monoisotopic (exact) mass is 427 g/mol. The highest BCUT2D eigenvalue weighted by Crippen LogP contribution is 2.24. The molecule has 1 atom stereocenters. The van der Waals surface area contributed by atoms with Crippen LogP contribution in [0.5, 0.6) is 0 Å². The van der Waals surface area contributed by atoms with Gasteiger partial charge in [0.1, 0.15) is 10.7 Å². The SMILES string of the molecule is Cn1cc(-c2nc(C(=O)OCCC3CCCCN3C(=O)c3cccn3C)cs2)cn1. The lowest BCUT2D eigenvalue weighted by atomic mass is 9.99. The first kappa shape index (κ1) is 20.3. The van der Waals surface area contributed by atoms with Crippen molar-refractivity contribution in [3.8, 4) is 10.6 Å². The van der Waals surface area contributed by atoms with Crippen LogP contribution in [-0.4, -0.2) is 55.3 Å². The van der Waals surface area contributed by atoms with E-state index in [0.717, 1.165) is 36.4 Å². The van der Waals surface area contributed by atoms with Gasteiger partial charge in [-0.25, -0.2) is 9.78 Å². The minimum Gasteiger partial charge on any atom is -0.461 e. The number of rotatable bonds is 6. The molecule has 4 heterocycles. The van der Waals surface area contributed by atoms with Crippen molar-refractivity contribution in [3.05, 3.63) is 47.5 Å². The number of ether oxygens (including phenoxy) is 1. The van der Waals surface area contributed by atoms with Crippen LogP contribution in [0.15, 0.2) is 36.1 Å². The van der Waals surface area contributed by atoms with Gasteiger partial charge in [-0.2, -0.15) is 5.10 Å². The zero-order valence-corrected chi connectivity index (χ0v) is 18.0. The second kappa shape index (κ2) is 8.83. The minimum absolute atomic E-state index is 0.0409. The quantitative estimate of drug-likeness (QED) is 0.565. The van der Waals surface area contributed by atoms with Gasteiger partial charge < -0.3 is 14.2 Å². The number of aromatic nitrogens is 4. The number of esters is 1. The van der Waals surface area contributed by atoms with Gasteiger partial charge in [0.15, 0.2) is 5.69 Å². The molecule has 0 aliphatic carbocycles. The van der Waals surface area contributed by atoms with E-state index in [-0.39, 0.29) is 18.6 Å². The molecule has 1 aliphatic heterocycles. The third kappa shape index (κ3) is 4.30. The van der Waals surface area contributed by atoms with Crippen molar-refractivity contribution in [1.82, 2.24) is 24.2 Å². The van der Waals surface area contributed by atoms with Gasteiger partial charge in [0.2, 0.25) is 0 Å². The summed E-state index contributed by atoms with van der Waals surface area (Å²) >= 11 is 1.39. The molecule has 1 aliphatic rings. The molecule has 1 amide bonds. The summed E-state index contributed by atoms with van der Waals surface area (Å²) in [7, 11) is 3.71. The zero-order chi connectivity index (χ0) is 21.1. The molecule has 1 unspecified atom stereocenters. The topological polar surface area (TPSA) is 82.3 Å². The first-order valence-electron chi connectivity index (χ1n) is 10.1. The van der Waals surface area contributed by atoms with Crippen LogP contribution in [0.25, 0.3) is 10.6 Å². The van der Waals surface area contributed by atoms with Crippen LogP contribution in [0.2, 0.25) is 0 Å². The first-order chi connectivity index (χ1) is 14.5. The molecular formula is C21H25N5O3S. The fourth-order valence-corrected chi connectivity index (χ4v) is 4.56. The van der Waals surface area contributed by atoms with Crippen molar-refractivity contribution >= 4 is 23.2 Å². The van der Waals surface area contributed by atoms with E-state index in [2.05, 4.69) is 10.1 Å². The van der Waals surface area contributed by atoms with Gasteiger partial charge in [-0.1, -0.05) is 0 Å². The Balaban J connectivity index is 1.33. The molecule has 30 heavy (non-hydrogen) atoms. The van der Waals surface area contributed by atoms with Crippen molar-refractivity contribution in [3.63, 3.8) is 0 Å². The van der Waals surface area contributed by atoms with Crippen LogP contribution in [-0.2, 0) is 18.8 Å². The Hall–Kier alpha value is -2.94. The van der Waals surface area contributed by atoms with E-state index < -0.39 is 5.97 Å². The molecule has 9 heteroatoms. The van der Waals surface area contributed by atoms with Crippen LogP contribution < -0.4 is 0 Å². The molecule has 0 aromatic carbocycles. The van der Waals surface area contributed by atoms with Crippen LogP contribution in [0, 0.1) is 0 Å². The van der Waals surface area contributed by atoms with E-state index in [4.69, 9.17) is 4.74 Å². The van der Waals surface area contributed by atoms with E-state index in [1.165, 1.54) is 11.3 Å². The number of amides is 1. The van der Waals surface area contributed by atoms with E-state index in [1.807, 2.05) is 48.1 Å². The highest BCUT2D eigenvalue weighted by atomic mass is 32.1. The number of piperidine rings is 1.